The highest BCUT2D eigenvalue weighted by Crippen LogP contribution is 2.26. The van der Waals surface area contributed by atoms with Gasteiger partial charge in [0.1, 0.15) is 23.9 Å². The first-order valence-corrected chi connectivity index (χ1v) is 9.98. The van der Waals surface area contributed by atoms with Gasteiger partial charge in [0, 0.05) is 21.8 Å². The molecule has 0 radical (unpaired) electrons. The van der Waals surface area contributed by atoms with E-state index >= 15 is 0 Å². The SMILES string of the molecule is CCOc1ccc(C(=O)Nc2ccc(OC)cc2)cc1COc1ccc(Cl)c(C)c1. The number of ether oxygens (including phenoxy) is 3. The van der Waals surface area contributed by atoms with Gasteiger partial charge >= 0.3 is 0 Å². The van der Waals surface area contributed by atoms with E-state index in [1.54, 1.807) is 55.6 Å². The molecule has 0 unspecified atom stereocenters. The molecule has 1 amide bonds. The van der Waals surface area contributed by atoms with Crippen molar-refractivity contribution in [3.8, 4) is 17.2 Å². The molecule has 3 rings (SSSR count). The molecule has 0 aliphatic rings. The Balaban J connectivity index is 1.76. The molecule has 0 heterocycles. The molecule has 0 bridgehead atoms. The van der Waals surface area contributed by atoms with Crippen molar-refractivity contribution < 1.29 is 19.0 Å². The molecule has 0 saturated heterocycles. The maximum atomic E-state index is 12.7. The van der Waals surface area contributed by atoms with Crippen LogP contribution in [0.4, 0.5) is 5.69 Å². The number of carbonyl (C=O) groups is 1. The highest BCUT2D eigenvalue weighted by Gasteiger charge is 2.12. The average Bonchev–Trinajstić information content (AvgIpc) is 2.76. The third-order valence-corrected chi connectivity index (χ3v) is 4.92. The number of aryl methyl sites for hydroxylation is 1. The number of hydrogen-bond donors (Lipinski definition) is 1. The lowest BCUT2D eigenvalue weighted by Crippen LogP contribution is -2.13. The number of halogens is 1. The Labute approximate surface area is 181 Å². The zero-order chi connectivity index (χ0) is 21.5. The van der Waals surface area contributed by atoms with E-state index in [0.29, 0.717) is 34.4 Å². The van der Waals surface area contributed by atoms with Crippen molar-refractivity contribution in [3.05, 3.63) is 82.4 Å². The largest absolute Gasteiger partial charge is 0.497 e. The minimum atomic E-state index is -0.216. The topological polar surface area (TPSA) is 56.8 Å². The zero-order valence-corrected chi connectivity index (χ0v) is 18.0. The van der Waals surface area contributed by atoms with Crippen LogP contribution >= 0.6 is 11.6 Å². The van der Waals surface area contributed by atoms with Gasteiger partial charge in [-0.3, -0.25) is 4.79 Å². The molecule has 0 atom stereocenters. The van der Waals surface area contributed by atoms with Crippen LogP contribution in [0.3, 0.4) is 0 Å². The Bertz CT molecular complexity index is 1020. The fourth-order valence-corrected chi connectivity index (χ4v) is 2.99. The lowest BCUT2D eigenvalue weighted by atomic mass is 10.1. The van der Waals surface area contributed by atoms with E-state index < -0.39 is 0 Å². The lowest BCUT2D eigenvalue weighted by molar-refractivity contribution is 0.102. The van der Waals surface area contributed by atoms with Crippen molar-refractivity contribution >= 4 is 23.2 Å². The van der Waals surface area contributed by atoms with E-state index in [-0.39, 0.29) is 12.5 Å². The predicted octanol–water partition coefficient (Wildman–Crippen LogP) is 5.89. The normalized spacial score (nSPS) is 10.4. The third kappa shape index (κ3) is 5.45. The van der Waals surface area contributed by atoms with Gasteiger partial charge in [-0.05, 0) is 80.1 Å². The van der Waals surface area contributed by atoms with Crippen molar-refractivity contribution in [2.45, 2.75) is 20.5 Å². The van der Waals surface area contributed by atoms with E-state index in [9.17, 15) is 4.79 Å². The van der Waals surface area contributed by atoms with Crippen LogP contribution in [0.5, 0.6) is 17.2 Å². The van der Waals surface area contributed by atoms with Crippen LogP contribution in [-0.4, -0.2) is 19.6 Å². The minimum absolute atomic E-state index is 0.216. The van der Waals surface area contributed by atoms with E-state index in [1.807, 2.05) is 26.0 Å². The molecule has 156 valence electrons. The maximum absolute atomic E-state index is 12.7. The molecule has 5 nitrogen and oxygen atoms in total. The van der Waals surface area contributed by atoms with Crippen molar-refractivity contribution in [2.24, 2.45) is 0 Å². The maximum Gasteiger partial charge on any atom is 0.255 e. The Morgan fingerprint density at radius 2 is 1.70 bits per heavy atom. The Hall–Kier alpha value is -3.18. The second kappa shape index (κ2) is 10.0. The number of nitrogens with one attached hydrogen (secondary N) is 1. The highest BCUT2D eigenvalue weighted by atomic mass is 35.5. The molecular weight excluding hydrogens is 402 g/mol. The summed E-state index contributed by atoms with van der Waals surface area (Å²) in [6, 6.07) is 18.0. The van der Waals surface area contributed by atoms with Crippen molar-refractivity contribution in [1.82, 2.24) is 0 Å². The van der Waals surface area contributed by atoms with E-state index in [2.05, 4.69) is 5.32 Å². The molecule has 3 aromatic rings. The standard InChI is InChI=1S/C24H24ClNO4/c1-4-29-23-12-5-17(24(27)26-19-6-8-20(28-3)9-7-19)14-18(23)15-30-21-10-11-22(25)16(2)13-21/h5-14H,4,15H2,1-3H3,(H,26,27). The number of rotatable bonds is 8. The van der Waals surface area contributed by atoms with Gasteiger partial charge in [0.15, 0.2) is 0 Å². The summed E-state index contributed by atoms with van der Waals surface area (Å²) in [6.45, 7) is 4.62. The molecule has 0 aliphatic carbocycles. The summed E-state index contributed by atoms with van der Waals surface area (Å²) in [5.74, 6) is 1.90. The first-order valence-electron chi connectivity index (χ1n) is 9.60. The first-order chi connectivity index (χ1) is 14.5. The van der Waals surface area contributed by atoms with Crippen LogP contribution in [-0.2, 0) is 6.61 Å². The lowest BCUT2D eigenvalue weighted by Gasteiger charge is -2.14. The van der Waals surface area contributed by atoms with Crippen molar-refractivity contribution in [1.29, 1.82) is 0 Å². The molecule has 1 N–H and O–H groups in total. The van der Waals surface area contributed by atoms with Gasteiger partial charge in [-0.1, -0.05) is 11.6 Å². The van der Waals surface area contributed by atoms with Crippen LogP contribution in [0.1, 0.15) is 28.4 Å². The Morgan fingerprint density at radius 3 is 2.37 bits per heavy atom. The summed E-state index contributed by atoms with van der Waals surface area (Å²) in [6.07, 6.45) is 0. The first kappa shape index (κ1) is 21.5. The summed E-state index contributed by atoms with van der Waals surface area (Å²) < 4.78 is 16.7. The second-order valence-corrected chi connectivity index (χ2v) is 7.05. The van der Waals surface area contributed by atoms with Crippen LogP contribution in [0.2, 0.25) is 5.02 Å². The van der Waals surface area contributed by atoms with E-state index in [0.717, 1.165) is 16.9 Å². The number of benzene rings is 3. The van der Waals surface area contributed by atoms with Gasteiger partial charge in [-0.15, -0.1) is 0 Å². The fourth-order valence-electron chi connectivity index (χ4n) is 2.88. The molecule has 0 aromatic heterocycles. The Morgan fingerprint density at radius 1 is 0.967 bits per heavy atom. The summed E-state index contributed by atoms with van der Waals surface area (Å²) >= 11 is 6.08. The second-order valence-electron chi connectivity index (χ2n) is 6.64. The van der Waals surface area contributed by atoms with Gasteiger partial charge in [-0.25, -0.2) is 0 Å². The average molecular weight is 426 g/mol. The summed E-state index contributed by atoms with van der Waals surface area (Å²) in [5, 5.41) is 3.57. The molecular formula is C24H24ClNO4. The van der Waals surface area contributed by atoms with Crippen LogP contribution in [0.25, 0.3) is 0 Å². The van der Waals surface area contributed by atoms with Gasteiger partial charge in [0.2, 0.25) is 0 Å². The number of methoxy groups -OCH3 is 1. The van der Waals surface area contributed by atoms with E-state index in [1.165, 1.54) is 0 Å². The van der Waals surface area contributed by atoms with Gasteiger partial charge < -0.3 is 19.5 Å². The van der Waals surface area contributed by atoms with E-state index in [4.69, 9.17) is 25.8 Å². The number of hydrogen-bond acceptors (Lipinski definition) is 4. The van der Waals surface area contributed by atoms with Gasteiger partial charge in [-0.2, -0.15) is 0 Å². The molecule has 0 saturated carbocycles. The van der Waals surface area contributed by atoms with Crippen molar-refractivity contribution in [2.75, 3.05) is 19.0 Å². The zero-order valence-electron chi connectivity index (χ0n) is 17.2. The smallest absolute Gasteiger partial charge is 0.255 e. The molecule has 0 fully saturated rings. The predicted molar refractivity (Wildman–Crippen MR) is 119 cm³/mol. The molecule has 0 aliphatic heterocycles. The van der Waals surface area contributed by atoms with Gasteiger partial charge in [0.05, 0.1) is 13.7 Å². The quantitative estimate of drug-likeness (QED) is 0.489. The summed E-state index contributed by atoms with van der Waals surface area (Å²) in [7, 11) is 1.60. The van der Waals surface area contributed by atoms with Crippen molar-refractivity contribution in [3.63, 3.8) is 0 Å². The minimum Gasteiger partial charge on any atom is -0.497 e. The number of anilines is 1. The van der Waals surface area contributed by atoms with Crippen LogP contribution in [0.15, 0.2) is 60.7 Å². The number of carbonyl (C=O) groups excluding carboxylic acids is 1. The Kier molecular flexibility index (Phi) is 7.20. The number of amides is 1. The molecule has 6 heteroatoms. The fraction of sp³-hybridized carbons (Fsp3) is 0.208. The molecule has 3 aromatic carbocycles. The summed E-state index contributed by atoms with van der Waals surface area (Å²) in [5.41, 5.74) is 2.92. The summed E-state index contributed by atoms with van der Waals surface area (Å²) in [4.78, 5) is 12.7. The molecule has 0 spiro atoms. The van der Waals surface area contributed by atoms with Crippen LogP contribution in [0, 0.1) is 6.92 Å². The molecule has 30 heavy (non-hydrogen) atoms. The van der Waals surface area contributed by atoms with Gasteiger partial charge in [0.25, 0.3) is 5.91 Å². The highest BCUT2D eigenvalue weighted by molar-refractivity contribution is 6.31. The van der Waals surface area contributed by atoms with Crippen LogP contribution < -0.4 is 19.5 Å². The monoisotopic (exact) mass is 425 g/mol. The third-order valence-electron chi connectivity index (χ3n) is 4.49.